The SMILES string of the molecule is CC(=O)Nc1ccc(-c2ccc(CN3CCN(Cc4ccncc4)CC3)cc2)cc1. The van der Waals surface area contributed by atoms with Gasteiger partial charge in [0.15, 0.2) is 0 Å². The van der Waals surface area contributed by atoms with Crippen LogP contribution in [0, 0.1) is 0 Å². The summed E-state index contributed by atoms with van der Waals surface area (Å²) >= 11 is 0. The standard InChI is InChI=1S/C25H28N4O/c1-20(30)27-25-8-6-24(7-9-25)23-4-2-21(3-5-23)18-28-14-16-29(17-15-28)19-22-10-12-26-13-11-22/h2-13H,14-19H2,1H3,(H,27,30). The zero-order valence-corrected chi connectivity index (χ0v) is 17.4. The molecular weight excluding hydrogens is 372 g/mol. The van der Waals surface area contributed by atoms with Crippen molar-refractivity contribution in [2.45, 2.75) is 20.0 Å². The van der Waals surface area contributed by atoms with Crippen LogP contribution in [0.15, 0.2) is 73.1 Å². The van der Waals surface area contributed by atoms with Crippen LogP contribution in [0.5, 0.6) is 0 Å². The van der Waals surface area contributed by atoms with Crippen LogP contribution in [0.3, 0.4) is 0 Å². The molecule has 4 rings (SSSR count). The van der Waals surface area contributed by atoms with E-state index >= 15 is 0 Å². The third-order valence-electron chi connectivity index (χ3n) is 5.52. The van der Waals surface area contributed by atoms with Crippen molar-refractivity contribution < 1.29 is 4.79 Å². The maximum Gasteiger partial charge on any atom is 0.221 e. The fourth-order valence-electron chi connectivity index (χ4n) is 3.86. The molecule has 1 aromatic heterocycles. The van der Waals surface area contributed by atoms with Crippen molar-refractivity contribution in [3.63, 3.8) is 0 Å². The molecular formula is C25H28N4O. The van der Waals surface area contributed by atoms with Crippen molar-refractivity contribution in [1.29, 1.82) is 0 Å². The van der Waals surface area contributed by atoms with E-state index in [1.807, 2.05) is 36.7 Å². The maximum atomic E-state index is 11.1. The molecule has 0 atom stereocenters. The van der Waals surface area contributed by atoms with E-state index < -0.39 is 0 Å². The molecule has 1 aliphatic heterocycles. The van der Waals surface area contributed by atoms with Crippen molar-refractivity contribution in [2.75, 3.05) is 31.5 Å². The zero-order valence-electron chi connectivity index (χ0n) is 17.4. The van der Waals surface area contributed by atoms with Crippen LogP contribution < -0.4 is 5.32 Å². The van der Waals surface area contributed by atoms with Gasteiger partial charge in [-0.3, -0.25) is 19.6 Å². The van der Waals surface area contributed by atoms with Gasteiger partial charge in [0.05, 0.1) is 0 Å². The molecule has 2 heterocycles. The lowest BCUT2D eigenvalue weighted by atomic mass is 10.0. The highest BCUT2D eigenvalue weighted by Crippen LogP contribution is 2.22. The number of amides is 1. The summed E-state index contributed by atoms with van der Waals surface area (Å²) in [7, 11) is 0. The molecule has 1 aliphatic rings. The van der Waals surface area contributed by atoms with Gasteiger partial charge < -0.3 is 5.32 Å². The van der Waals surface area contributed by atoms with E-state index in [-0.39, 0.29) is 5.91 Å². The summed E-state index contributed by atoms with van der Waals surface area (Å²) in [6.45, 7) is 7.90. The number of nitrogens with zero attached hydrogens (tertiary/aromatic N) is 3. The van der Waals surface area contributed by atoms with Crippen molar-refractivity contribution in [2.24, 2.45) is 0 Å². The lowest BCUT2D eigenvalue weighted by Crippen LogP contribution is -2.45. The third kappa shape index (κ3) is 5.53. The number of carbonyl (C=O) groups is 1. The molecule has 0 spiro atoms. The maximum absolute atomic E-state index is 11.1. The Balaban J connectivity index is 1.28. The van der Waals surface area contributed by atoms with Crippen LogP contribution in [0.25, 0.3) is 11.1 Å². The van der Waals surface area contributed by atoms with E-state index in [1.165, 1.54) is 23.6 Å². The first-order chi connectivity index (χ1) is 14.7. The lowest BCUT2D eigenvalue weighted by Gasteiger charge is -2.34. The summed E-state index contributed by atoms with van der Waals surface area (Å²) in [6, 6.07) is 21.0. The summed E-state index contributed by atoms with van der Waals surface area (Å²) in [4.78, 5) is 20.3. The molecule has 5 heteroatoms. The minimum absolute atomic E-state index is 0.0506. The minimum atomic E-state index is -0.0506. The highest BCUT2D eigenvalue weighted by molar-refractivity contribution is 5.89. The van der Waals surface area contributed by atoms with Gasteiger partial charge in [-0.25, -0.2) is 0 Å². The lowest BCUT2D eigenvalue weighted by molar-refractivity contribution is -0.114. The molecule has 0 bridgehead atoms. The van der Waals surface area contributed by atoms with E-state index in [9.17, 15) is 4.79 Å². The smallest absolute Gasteiger partial charge is 0.221 e. The summed E-state index contributed by atoms with van der Waals surface area (Å²) in [5.74, 6) is -0.0506. The number of nitrogens with one attached hydrogen (secondary N) is 1. The van der Waals surface area contributed by atoms with Crippen LogP contribution in [0.4, 0.5) is 5.69 Å². The number of anilines is 1. The first-order valence-corrected chi connectivity index (χ1v) is 10.5. The average Bonchev–Trinajstić information content (AvgIpc) is 2.77. The Labute approximate surface area is 178 Å². The molecule has 0 saturated carbocycles. The van der Waals surface area contributed by atoms with Crippen molar-refractivity contribution in [3.05, 3.63) is 84.2 Å². The summed E-state index contributed by atoms with van der Waals surface area (Å²) < 4.78 is 0. The van der Waals surface area contributed by atoms with Crippen molar-refractivity contribution in [3.8, 4) is 11.1 Å². The quantitative estimate of drug-likeness (QED) is 0.679. The van der Waals surface area contributed by atoms with Gasteiger partial charge in [0, 0.05) is 64.3 Å². The fraction of sp³-hybridized carbons (Fsp3) is 0.280. The first-order valence-electron chi connectivity index (χ1n) is 10.5. The Kier molecular flexibility index (Phi) is 6.52. The average molecular weight is 401 g/mol. The largest absolute Gasteiger partial charge is 0.326 e. The fourth-order valence-corrected chi connectivity index (χ4v) is 3.86. The van der Waals surface area contributed by atoms with Crippen LogP contribution in [-0.2, 0) is 17.9 Å². The van der Waals surface area contributed by atoms with E-state index in [0.29, 0.717) is 0 Å². The van der Waals surface area contributed by atoms with Gasteiger partial charge in [0.2, 0.25) is 5.91 Å². The number of pyridine rings is 1. The second-order valence-electron chi connectivity index (χ2n) is 7.86. The minimum Gasteiger partial charge on any atom is -0.326 e. The molecule has 1 amide bonds. The van der Waals surface area contributed by atoms with Gasteiger partial charge in [-0.1, -0.05) is 36.4 Å². The third-order valence-corrected chi connectivity index (χ3v) is 5.52. The molecule has 1 saturated heterocycles. The molecule has 2 aromatic carbocycles. The molecule has 0 radical (unpaired) electrons. The summed E-state index contributed by atoms with van der Waals surface area (Å²) in [5.41, 5.74) is 5.84. The van der Waals surface area contributed by atoms with Gasteiger partial charge in [0.1, 0.15) is 0 Å². The number of hydrogen-bond donors (Lipinski definition) is 1. The van der Waals surface area contributed by atoms with Gasteiger partial charge in [-0.05, 0) is 46.5 Å². The predicted molar refractivity (Wildman–Crippen MR) is 121 cm³/mol. The van der Waals surface area contributed by atoms with E-state index in [0.717, 1.165) is 50.5 Å². The number of hydrogen-bond acceptors (Lipinski definition) is 4. The molecule has 1 N–H and O–H groups in total. The molecule has 0 aliphatic carbocycles. The van der Waals surface area contributed by atoms with E-state index in [4.69, 9.17) is 0 Å². The zero-order chi connectivity index (χ0) is 20.8. The van der Waals surface area contributed by atoms with E-state index in [2.05, 4.69) is 56.5 Å². The number of carbonyl (C=O) groups excluding carboxylic acids is 1. The highest BCUT2D eigenvalue weighted by Gasteiger charge is 2.17. The van der Waals surface area contributed by atoms with Crippen LogP contribution in [0.1, 0.15) is 18.1 Å². The molecule has 154 valence electrons. The first kappa shape index (κ1) is 20.3. The summed E-state index contributed by atoms with van der Waals surface area (Å²) in [5, 5.41) is 2.80. The normalized spacial score (nSPS) is 15.1. The topological polar surface area (TPSA) is 48.5 Å². The molecule has 30 heavy (non-hydrogen) atoms. The Morgan fingerprint density at radius 1 is 0.767 bits per heavy atom. The van der Waals surface area contributed by atoms with Crippen LogP contribution in [0.2, 0.25) is 0 Å². The Morgan fingerprint density at radius 3 is 1.73 bits per heavy atom. The highest BCUT2D eigenvalue weighted by atomic mass is 16.1. The van der Waals surface area contributed by atoms with Gasteiger partial charge in [0.25, 0.3) is 0 Å². The van der Waals surface area contributed by atoms with Crippen LogP contribution >= 0.6 is 0 Å². The molecule has 5 nitrogen and oxygen atoms in total. The number of benzene rings is 2. The number of piperazine rings is 1. The second kappa shape index (κ2) is 9.65. The second-order valence-corrected chi connectivity index (χ2v) is 7.86. The van der Waals surface area contributed by atoms with Crippen LogP contribution in [-0.4, -0.2) is 46.9 Å². The van der Waals surface area contributed by atoms with Crippen molar-refractivity contribution >= 4 is 11.6 Å². The molecule has 0 unspecified atom stereocenters. The Hall–Kier alpha value is -3.02. The van der Waals surface area contributed by atoms with Gasteiger partial charge in [-0.2, -0.15) is 0 Å². The predicted octanol–water partition coefficient (Wildman–Crippen LogP) is 4.02. The Morgan fingerprint density at radius 2 is 1.23 bits per heavy atom. The van der Waals surface area contributed by atoms with Gasteiger partial charge >= 0.3 is 0 Å². The monoisotopic (exact) mass is 400 g/mol. The molecule has 3 aromatic rings. The van der Waals surface area contributed by atoms with Crippen molar-refractivity contribution in [1.82, 2.24) is 14.8 Å². The molecule has 1 fully saturated rings. The van der Waals surface area contributed by atoms with E-state index in [1.54, 1.807) is 0 Å². The Bertz CT molecular complexity index is 947. The summed E-state index contributed by atoms with van der Waals surface area (Å²) in [6.07, 6.45) is 3.74. The number of aromatic nitrogens is 1. The van der Waals surface area contributed by atoms with Gasteiger partial charge in [-0.15, -0.1) is 0 Å². The number of rotatable bonds is 6.